The van der Waals surface area contributed by atoms with Crippen LogP contribution in [0.4, 0.5) is 17.1 Å². The molecule has 5 nitrogen and oxygen atoms in total. The number of nitrogen functional groups attached to an aromatic ring is 2. The van der Waals surface area contributed by atoms with Gasteiger partial charge in [-0.15, -0.1) is 0 Å². The molecule has 0 amide bonds. The number of benzene rings is 1. The Labute approximate surface area is 108 Å². The second-order valence-corrected chi connectivity index (χ2v) is 5.32. The molecule has 0 bridgehead atoms. The van der Waals surface area contributed by atoms with Crippen LogP contribution in [0.25, 0.3) is 0 Å². The third-order valence-corrected chi connectivity index (χ3v) is 3.85. The number of aliphatic hydroxyl groups is 1. The van der Waals surface area contributed by atoms with Gasteiger partial charge in [0.1, 0.15) is 6.54 Å². The number of piperazine rings is 1. The van der Waals surface area contributed by atoms with Gasteiger partial charge in [-0.2, -0.15) is 0 Å². The number of hydrogen-bond donors (Lipinski definition) is 3. The summed E-state index contributed by atoms with van der Waals surface area (Å²) in [6, 6.07) is 5.69. The van der Waals surface area contributed by atoms with Crippen molar-refractivity contribution in [3.63, 3.8) is 0 Å². The van der Waals surface area contributed by atoms with Gasteiger partial charge in [-0.1, -0.05) is 0 Å². The molecule has 0 saturated carbocycles. The fraction of sp³-hybridized carbons (Fsp3) is 0.538. The number of hydrogen-bond acceptors (Lipinski definition) is 4. The van der Waals surface area contributed by atoms with Gasteiger partial charge in [-0.3, -0.25) is 0 Å². The molecule has 1 aliphatic rings. The number of anilines is 3. The Hall–Kier alpha value is -1.46. The van der Waals surface area contributed by atoms with Crippen molar-refractivity contribution in [2.24, 2.45) is 0 Å². The minimum Gasteiger partial charge on any atom is -0.399 e. The van der Waals surface area contributed by atoms with Gasteiger partial charge in [-0.05, 0) is 18.2 Å². The highest BCUT2D eigenvalue weighted by Gasteiger charge is 2.28. The molecule has 5 N–H and O–H groups in total. The van der Waals surface area contributed by atoms with E-state index in [9.17, 15) is 0 Å². The first kappa shape index (κ1) is 13.0. The van der Waals surface area contributed by atoms with Gasteiger partial charge in [0.25, 0.3) is 0 Å². The number of aliphatic hydroxyl groups excluding tert-OH is 1. The maximum absolute atomic E-state index is 9.08. The Balaban J connectivity index is 2.05. The van der Waals surface area contributed by atoms with E-state index in [1.54, 1.807) is 0 Å². The first-order valence-electron chi connectivity index (χ1n) is 6.38. The molecule has 1 aliphatic heterocycles. The summed E-state index contributed by atoms with van der Waals surface area (Å²) in [5.74, 6) is 0. The van der Waals surface area contributed by atoms with Crippen molar-refractivity contribution in [1.82, 2.24) is 0 Å². The van der Waals surface area contributed by atoms with Crippen molar-refractivity contribution in [3.05, 3.63) is 18.2 Å². The maximum atomic E-state index is 9.08. The first-order chi connectivity index (χ1) is 8.54. The van der Waals surface area contributed by atoms with Crippen LogP contribution < -0.4 is 16.4 Å². The Kier molecular flexibility index (Phi) is 3.63. The molecule has 1 aromatic rings. The molecular formula is C13H23N4O+. The van der Waals surface area contributed by atoms with Crippen LogP contribution in [-0.2, 0) is 0 Å². The van der Waals surface area contributed by atoms with Crippen molar-refractivity contribution < 1.29 is 9.59 Å². The number of nitrogens with two attached hydrogens (primary N) is 2. The van der Waals surface area contributed by atoms with Crippen molar-refractivity contribution in [1.29, 1.82) is 0 Å². The summed E-state index contributed by atoms with van der Waals surface area (Å²) in [6.07, 6.45) is 0. The highest BCUT2D eigenvalue weighted by atomic mass is 16.3. The van der Waals surface area contributed by atoms with E-state index in [-0.39, 0.29) is 6.61 Å². The van der Waals surface area contributed by atoms with Crippen LogP contribution in [0.3, 0.4) is 0 Å². The lowest BCUT2D eigenvalue weighted by atomic mass is 10.2. The summed E-state index contributed by atoms with van der Waals surface area (Å²) in [6.45, 7) is 5.07. The number of quaternary nitrogens is 1. The number of rotatable bonds is 3. The van der Waals surface area contributed by atoms with Gasteiger partial charge in [0, 0.05) is 5.69 Å². The van der Waals surface area contributed by atoms with Crippen LogP contribution in [0.15, 0.2) is 18.2 Å². The summed E-state index contributed by atoms with van der Waals surface area (Å²) in [7, 11) is 2.19. The Bertz CT molecular complexity index is 413. The van der Waals surface area contributed by atoms with E-state index in [2.05, 4.69) is 11.9 Å². The molecule has 0 atom stereocenters. The second-order valence-electron chi connectivity index (χ2n) is 5.32. The standard InChI is InChI=1S/C13H23N4O/c1-17(8-9-18)6-4-16(5-7-17)13-3-2-11(14)10-12(13)15/h2-3,10,18H,4-9,14-15H2,1H3/q+1. The molecule has 1 aromatic carbocycles. The average molecular weight is 251 g/mol. The molecule has 5 heteroatoms. The van der Waals surface area contributed by atoms with Crippen molar-refractivity contribution >= 4 is 17.1 Å². The topological polar surface area (TPSA) is 75.5 Å². The molecule has 1 saturated heterocycles. The minimum absolute atomic E-state index is 0.251. The van der Waals surface area contributed by atoms with E-state index < -0.39 is 0 Å². The highest BCUT2D eigenvalue weighted by Crippen LogP contribution is 2.27. The molecule has 1 heterocycles. The SMILES string of the molecule is C[N+]1(CCO)CCN(c2ccc(N)cc2N)CC1. The fourth-order valence-corrected chi connectivity index (χ4v) is 2.51. The van der Waals surface area contributed by atoms with E-state index in [1.807, 2.05) is 18.2 Å². The molecule has 18 heavy (non-hydrogen) atoms. The molecule has 0 aliphatic carbocycles. The quantitative estimate of drug-likeness (QED) is 0.526. The van der Waals surface area contributed by atoms with Crippen molar-refractivity contribution in [2.45, 2.75) is 0 Å². The average Bonchev–Trinajstić information content (AvgIpc) is 2.31. The minimum atomic E-state index is 0.251. The third-order valence-electron chi connectivity index (χ3n) is 3.85. The normalized spacial score (nSPS) is 18.9. The molecule has 0 spiro atoms. The summed E-state index contributed by atoms with van der Waals surface area (Å²) in [4.78, 5) is 2.30. The van der Waals surface area contributed by atoms with E-state index in [1.165, 1.54) is 0 Å². The van der Waals surface area contributed by atoms with Crippen LogP contribution in [0.5, 0.6) is 0 Å². The van der Waals surface area contributed by atoms with E-state index in [0.29, 0.717) is 5.69 Å². The van der Waals surface area contributed by atoms with Crippen LogP contribution in [-0.4, -0.2) is 56.0 Å². The monoisotopic (exact) mass is 251 g/mol. The van der Waals surface area contributed by atoms with Crippen LogP contribution >= 0.6 is 0 Å². The lowest BCUT2D eigenvalue weighted by molar-refractivity contribution is -0.910. The molecule has 0 aromatic heterocycles. The van der Waals surface area contributed by atoms with Gasteiger partial charge in [0.15, 0.2) is 0 Å². The highest BCUT2D eigenvalue weighted by molar-refractivity contribution is 5.71. The smallest absolute Gasteiger partial charge is 0.102 e. The van der Waals surface area contributed by atoms with Crippen molar-refractivity contribution in [2.75, 3.05) is 62.7 Å². The lowest BCUT2D eigenvalue weighted by Gasteiger charge is -2.42. The Morgan fingerprint density at radius 1 is 1.28 bits per heavy atom. The molecule has 0 unspecified atom stereocenters. The van der Waals surface area contributed by atoms with Gasteiger partial charge in [0.05, 0.1) is 51.2 Å². The van der Waals surface area contributed by atoms with E-state index in [0.717, 1.165) is 48.6 Å². The molecular weight excluding hydrogens is 228 g/mol. The van der Waals surface area contributed by atoms with Gasteiger partial charge in [-0.25, -0.2) is 0 Å². The van der Waals surface area contributed by atoms with Gasteiger partial charge in [0.2, 0.25) is 0 Å². The number of nitrogens with zero attached hydrogens (tertiary/aromatic N) is 2. The second kappa shape index (κ2) is 5.04. The fourth-order valence-electron chi connectivity index (χ4n) is 2.51. The Morgan fingerprint density at radius 3 is 2.50 bits per heavy atom. The zero-order chi connectivity index (χ0) is 13.2. The van der Waals surface area contributed by atoms with Gasteiger partial charge >= 0.3 is 0 Å². The summed E-state index contributed by atoms with van der Waals surface area (Å²) < 4.78 is 0.932. The summed E-state index contributed by atoms with van der Waals surface area (Å²) in [5, 5.41) is 9.08. The van der Waals surface area contributed by atoms with Gasteiger partial charge < -0.3 is 26.0 Å². The Morgan fingerprint density at radius 2 is 1.94 bits per heavy atom. The maximum Gasteiger partial charge on any atom is 0.102 e. The predicted molar refractivity (Wildman–Crippen MR) is 75.4 cm³/mol. The predicted octanol–water partition coefficient (Wildman–Crippen LogP) is 0.110. The molecule has 100 valence electrons. The lowest BCUT2D eigenvalue weighted by Crippen LogP contribution is -2.58. The molecule has 0 radical (unpaired) electrons. The summed E-state index contributed by atoms with van der Waals surface area (Å²) >= 11 is 0. The number of likely N-dealkylation sites (N-methyl/N-ethyl adjacent to an activating group) is 1. The largest absolute Gasteiger partial charge is 0.399 e. The molecule has 2 rings (SSSR count). The van der Waals surface area contributed by atoms with Crippen LogP contribution in [0.1, 0.15) is 0 Å². The molecule has 1 fully saturated rings. The van der Waals surface area contributed by atoms with Crippen LogP contribution in [0.2, 0.25) is 0 Å². The van der Waals surface area contributed by atoms with E-state index >= 15 is 0 Å². The summed E-state index contributed by atoms with van der Waals surface area (Å²) in [5.41, 5.74) is 14.2. The van der Waals surface area contributed by atoms with E-state index in [4.69, 9.17) is 16.6 Å². The zero-order valence-electron chi connectivity index (χ0n) is 11.0. The third kappa shape index (κ3) is 2.68. The van der Waals surface area contributed by atoms with Crippen LogP contribution in [0, 0.1) is 0 Å². The first-order valence-corrected chi connectivity index (χ1v) is 6.38. The zero-order valence-corrected chi connectivity index (χ0v) is 11.0. The van der Waals surface area contributed by atoms with Crippen molar-refractivity contribution in [3.8, 4) is 0 Å².